The largest absolute Gasteiger partial charge is 0.393 e. The number of hydrogen-bond donors (Lipinski definition) is 2. The maximum Gasteiger partial charge on any atom is 0.147 e. The maximum absolute atomic E-state index is 9.02. The van der Waals surface area contributed by atoms with Crippen molar-refractivity contribution in [2.75, 3.05) is 11.9 Å². The second-order valence-electron chi connectivity index (χ2n) is 3.05. The van der Waals surface area contributed by atoms with Gasteiger partial charge in [-0.15, -0.1) is 0 Å². The molecule has 0 amide bonds. The fraction of sp³-hybridized carbons (Fsp3) is 0.556. The third-order valence-corrected chi connectivity index (χ3v) is 1.74. The summed E-state index contributed by atoms with van der Waals surface area (Å²) in [6, 6.07) is 0. The fourth-order valence-corrected chi connectivity index (χ4v) is 0.981. The Bertz CT molecular complexity index is 263. The number of aliphatic hydroxyl groups is 1. The summed E-state index contributed by atoms with van der Waals surface area (Å²) in [7, 11) is 0. The molecule has 13 heavy (non-hydrogen) atoms. The van der Waals surface area contributed by atoms with E-state index in [4.69, 9.17) is 5.11 Å². The van der Waals surface area contributed by atoms with Crippen LogP contribution >= 0.6 is 0 Å². The molecule has 0 aromatic carbocycles. The summed E-state index contributed by atoms with van der Waals surface area (Å²) < 4.78 is 0. The van der Waals surface area contributed by atoms with E-state index in [0.717, 1.165) is 24.5 Å². The van der Waals surface area contributed by atoms with Crippen molar-refractivity contribution in [2.24, 2.45) is 0 Å². The van der Waals surface area contributed by atoms with Crippen molar-refractivity contribution in [3.8, 4) is 0 Å². The molecule has 4 heteroatoms. The zero-order valence-electron chi connectivity index (χ0n) is 7.99. The molecule has 0 radical (unpaired) electrons. The molecule has 1 aromatic rings. The van der Waals surface area contributed by atoms with Crippen LogP contribution in [-0.2, 0) is 0 Å². The Morgan fingerprint density at radius 3 is 2.77 bits per heavy atom. The second-order valence-corrected chi connectivity index (χ2v) is 3.05. The van der Waals surface area contributed by atoms with Gasteiger partial charge in [-0.3, -0.25) is 4.98 Å². The number of aryl methyl sites for hydroxylation is 1. The van der Waals surface area contributed by atoms with Crippen LogP contribution < -0.4 is 5.32 Å². The van der Waals surface area contributed by atoms with Crippen molar-refractivity contribution in [2.45, 2.75) is 26.4 Å². The normalized spacial score (nSPS) is 12.5. The molecule has 0 fully saturated rings. The number of aliphatic hydroxyl groups excluding tert-OH is 1. The predicted molar refractivity (Wildman–Crippen MR) is 51.6 cm³/mol. The molecular formula is C9H15N3O. The van der Waals surface area contributed by atoms with Crippen LogP contribution in [0.15, 0.2) is 12.4 Å². The molecule has 0 unspecified atom stereocenters. The van der Waals surface area contributed by atoms with Gasteiger partial charge in [0.25, 0.3) is 0 Å². The fourth-order valence-electron chi connectivity index (χ4n) is 0.981. The van der Waals surface area contributed by atoms with Gasteiger partial charge in [0.1, 0.15) is 5.82 Å². The molecule has 0 aliphatic rings. The van der Waals surface area contributed by atoms with E-state index in [-0.39, 0.29) is 6.10 Å². The Balaban J connectivity index is 2.41. The summed E-state index contributed by atoms with van der Waals surface area (Å²) in [6.07, 6.45) is 3.76. The summed E-state index contributed by atoms with van der Waals surface area (Å²) in [5.41, 5.74) is 0.882. The Morgan fingerprint density at radius 1 is 1.46 bits per heavy atom. The van der Waals surface area contributed by atoms with E-state index in [1.54, 1.807) is 19.3 Å². The Labute approximate surface area is 78.0 Å². The average Bonchev–Trinajstić information content (AvgIpc) is 2.08. The lowest BCUT2D eigenvalue weighted by Gasteiger charge is -2.07. The van der Waals surface area contributed by atoms with Gasteiger partial charge < -0.3 is 10.4 Å². The van der Waals surface area contributed by atoms with Gasteiger partial charge in [-0.25, -0.2) is 4.98 Å². The predicted octanol–water partition coefficient (Wildman–Crippen LogP) is 0.968. The van der Waals surface area contributed by atoms with Gasteiger partial charge in [0, 0.05) is 18.9 Å². The van der Waals surface area contributed by atoms with Crippen LogP contribution in [0.25, 0.3) is 0 Å². The van der Waals surface area contributed by atoms with Crippen molar-refractivity contribution >= 4 is 5.82 Å². The van der Waals surface area contributed by atoms with Gasteiger partial charge in [0.2, 0.25) is 0 Å². The molecule has 2 N–H and O–H groups in total. The lowest BCUT2D eigenvalue weighted by molar-refractivity contribution is 0.188. The van der Waals surface area contributed by atoms with Crippen molar-refractivity contribution in [1.29, 1.82) is 0 Å². The van der Waals surface area contributed by atoms with Crippen molar-refractivity contribution in [3.63, 3.8) is 0 Å². The molecule has 72 valence electrons. The van der Waals surface area contributed by atoms with E-state index in [1.807, 2.05) is 6.92 Å². The minimum Gasteiger partial charge on any atom is -0.393 e. The Morgan fingerprint density at radius 2 is 2.15 bits per heavy atom. The zero-order chi connectivity index (χ0) is 9.68. The van der Waals surface area contributed by atoms with Crippen LogP contribution in [-0.4, -0.2) is 27.7 Å². The number of anilines is 1. The van der Waals surface area contributed by atoms with Crippen LogP contribution in [0.3, 0.4) is 0 Å². The highest BCUT2D eigenvalue weighted by Crippen LogP contribution is 2.05. The lowest BCUT2D eigenvalue weighted by atomic mass is 10.3. The van der Waals surface area contributed by atoms with Crippen molar-refractivity contribution in [3.05, 3.63) is 18.1 Å². The third kappa shape index (κ3) is 3.38. The third-order valence-electron chi connectivity index (χ3n) is 1.74. The van der Waals surface area contributed by atoms with Gasteiger partial charge in [-0.2, -0.15) is 0 Å². The first-order valence-electron chi connectivity index (χ1n) is 4.39. The topological polar surface area (TPSA) is 58.0 Å². The second kappa shape index (κ2) is 4.77. The minimum absolute atomic E-state index is 0.274. The monoisotopic (exact) mass is 181 g/mol. The SMILES string of the molecule is Cc1nccnc1NCC[C@@H](C)O. The summed E-state index contributed by atoms with van der Waals surface area (Å²) in [4.78, 5) is 8.21. The number of rotatable bonds is 4. The van der Waals surface area contributed by atoms with Crippen LogP contribution in [0.5, 0.6) is 0 Å². The molecule has 1 rings (SSSR count). The molecule has 0 aliphatic carbocycles. The van der Waals surface area contributed by atoms with E-state index in [2.05, 4.69) is 15.3 Å². The van der Waals surface area contributed by atoms with Crippen LogP contribution in [0.1, 0.15) is 19.0 Å². The van der Waals surface area contributed by atoms with Gasteiger partial charge >= 0.3 is 0 Å². The number of nitrogens with one attached hydrogen (secondary N) is 1. The van der Waals surface area contributed by atoms with Gasteiger partial charge in [0.05, 0.1) is 11.8 Å². The summed E-state index contributed by atoms with van der Waals surface area (Å²) in [6.45, 7) is 4.39. The molecule has 0 aliphatic heterocycles. The molecule has 1 aromatic heterocycles. The smallest absolute Gasteiger partial charge is 0.147 e. The first kappa shape index (κ1) is 9.92. The highest BCUT2D eigenvalue weighted by Gasteiger charge is 1.99. The van der Waals surface area contributed by atoms with Crippen LogP contribution in [0, 0.1) is 6.92 Å². The summed E-state index contributed by atoms with van der Waals surface area (Å²) in [5, 5.41) is 12.1. The minimum atomic E-state index is -0.274. The van der Waals surface area contributed by atoms with E-state index in [1.165, 1.54) is 0 Å². The first-order chi connectivity index (χ1) is 6.20. The summed E-state index contributed by atoms with van der Waals surface area (Å²) in [5.74, 6) is 0.795. The molecule has 4 nitrogen and oxygen atoms in total. The van der Waals surface area contributed by atoms with Gasteiger partial charge in [0.15, 0.2) is 0 Å². The number of aromatic nitrogens is 2. The van der Waals surface area contributed by atoms with Crippen molar-refractivity contribution < 1.29 is 5.11 Å². The maximum atomic E-state index is 9.02. The van der Waals surface area contributed by atoms with E-state index in [9.17, 15) is 0 Å². The molecule has 0 spiro atoms. The van der Waals surface area contributed by atoms with E-state index in [0.29, 0.717) is 0 Å². The molecule has 1 heterocycles. The lowest BCUT2D eigenvalue weighted by Crippen LogP contribution is -2.11. The van der Waals surface area contributed by atoms with Crippen molar-refractivity contribution in [1.82, 2.24) is 9.97 Å². The standard InChI is InChI=1S/C9H15N3O/c1-7(13)3-4-11-9-8(2)10-5-6-12-9/h5-7,13H,3-4H2,1-2H3,(H,11,12)/t7-/m1/s1. The zero-order valence-corrected chi connectivity index (χ0v) is 7.99. The van der Waals surface area contributed by atoms with Gasteiger partial charge in [-0.1, -0.05) is 0 Å². The molecular weight excluding hydrogens is 166 g/mol. The summed E-state index contributed by atoms with van der Waals surface area (Å²) >= 11 is 0. The average molecular weight is 181 g/mol. The molecule has 0 saturated carbocycles. The Hall–Kier alpha value is -1.16. The highest BCUT2D eigenvalue weighted by molar-refractivity contribution is 5.37. The highest BCUT2D eigenvalue weighted by atomic mass is 16.3. The van der Waals surface area contributed by atoms with Crippen LogP contribution in [0.2, 0.25) is 0 Å². The van der Waals surface area contributed by atoms with Crippen LogP contribution in [0.4, 0.5) is 5.82 Å². The van der Waals surface area contributed by atoms with E-state index >= 15 is 0 Å². The quantitative estimate of drug-likeness (QED) is 0.726. The molecule has 0 bridgehead atoms. The Kier molecular flexibility index (Phi) is 3.64. The number of nitrogens with zero attached hydrogens (tertiary/aromatic N) is 2. The molecule has 0 saturated heterocycles. The first-order valence-corrected chi connectivity index (χ1v) is 4.39. The van der Waals surface area contributed by atoms with E-state index < -0.39 is 0 Å². The molecule has 1 atom stereocenters. The number of hydrogen-bond acceptors (Lipinski definition) is 4. The van der Waals surface area contributed by atoms with Gasteiger partial charge in [-0.05, 0) is 20.3 Å².